The quantitative estimate of drug-likeness (QED) is 0.740. The smallest absolute Gasteiger partial charge is 0.275 e. The highest BCUT2D eigenvalue weighted by atomic mass is 19.1. The number of hydrogen-bond acceptors (Lipinski definition) is 3. The van der Waals surface area contributed by atoms with Crippen LogP contribution in [0.5, 0.6) is 0 Å². The molecule has 122 valence electrons. The average molecular weight is 328 g/mol. The molecule has 24 heavy (non-hydrogen) atoms. The van der Waals surface area contributed by atoms with Gasteiger partial charge < -0.3 is 4.90 Å². The number of halogens is 2. The van der Waals surface area contributed by atoms with Crippen LogP contribution in [0.25, 0.3) is 5.69 Å². The number of benzene rings is 1. The van der Waals surface area contributed by atoms with Gasteiger partial charge in [-0.3, -0.25) is 4.79 Å². The van der Waals surface area contributed by atoms with E-state index < -0.39 is 23.2 Å². The Kier molecular flexibility index (Phi) is 4.33. The maximum Gasteiger partial charge on any atom is 0.275 e. The third-order valence-corrected chi connectivity index (χ3v) is 3.46. The van der Waals surface area contributed by atoms with Gasteiger partial charge in [-0.15, -0.1) is 0 Å². The predicted molar refractivity (Wildman–Crippen MR) is 83.5 cm³/mol. The molecule has 3 rings (SSSR count). The molecule has 0 N–H and O–H groups in total. The standard InChI is InChI=1S/C17H14F2N4O/c1-22(17(24)16-15(19)9-13(18)10-20-16)11-12-4-2-5-14(8-12)23-7-3-6-21-23/h2-10H,11H2,1H3. The number of pyridine rings is 1. The minimum atomic E-state index is -0.975. The lowest BCUT2D eigenvalue weighted by Crippen LogP contribution is -2.28. The van der Waals surface area contributed by atoms with Gasteiger partial charge >= 0.3 is 0 Å². The van der Waals surface area contributed by atoms with Gasteiger partial charge in [0.25, 0.3) is 5.91 Å². The van der Waals surface area contributed by atoms with Crippen molar-refractivity contribution in [3.05, 3.63) is 77.9 Å². The zero-order valence-electron chi connectivity index (χ0n) is 12.9. The summed E-state index contributed by atoms with van der Waals surface area (Å²) in [5, 5.41) is 4.15. The van der Waals surface area contributed by atoms with Crippen LogP contribution in [0.15, 0.2) is 55.0 Å². The van der Waals surface area contributed by atoms with Crippen LogP contribution in [0.4, 0.5) is 8.78 Å². The van der Waals surface area contributed by atoms with Gasteiger partial charge in [0.1, 0.15) is 5.82 Å². The molecule has 0 spiro atoms. The second-order valence-corrected chi connectivity index (χ2v) is 5.27. The molecule has 0 aliphatic carbocycles. The monoisotopic (exact) mass is 328 g/mol. The molecule has 3 aromatic rings. The first-order valence-corrected chi connectivity index (χ1v) is 7.20. The molecule has 0 bridgehead atoms. The first-order chi connectivity index (χ1) is 11.5. The van der Waals surface area contributed by atoms with Crippen LogP contribution in [0.1, 0.15) is 16.1 Å². The Morgan fingerprint density at radius 3 is 2.79 bits per heavy atom. The molecule has 0 aliphatic rings. The SMILES string of the molecule is CN(Cc1cccc(-n2cccn2)c1)C(=O)c1ncc(F)cc1F. The molecule has 0 radical (unpaired) electrons. The van der Waals surface area contributed by atoms with Crippen molar-refractivity contribution in [2.75, 3.05) is 7.05 Å². The zero-order chi connectivity index (χ0) is 17.1. The lowest BCUT2D eigenvalue weighted by molar-refractivity contribution is 0.0774. The van der Waals surface area contributed by atoms with Crippen LogP contribution in [0.2, 0.25) is 0 Å². The summed E-state index contributed by atoms with van der Waals surface area (Å²) in [6, 6.07) is 9.93. The molecular weight excluding hydrogens is 314 g/mol. The van der Waals surface area contributed by atoms with Crippen molar-refractivity contribution in [2.45, 2.75) is 6.54 Å². The van der Waals surface area contributed by atoms with Crippen LogP contribution >= 0.6 is 0 Å². The fourth-order valence-corrected chi connectivity index (χ4v) is 2.32. The average Bonchev–Trinajstić information content (AvgIpc) is 3.09. The van der Waals surface area contributed by atoms with Crippen LogP contribution in [0.3, 0.4) is 0 Å². The summed E-state index contributed by atoms with van der Waals surface area (Å²) in [7, 11) is 1.54. The number of carbonyl (C=O) groups is 1. The van der Waals surface area contributed by atoms with E-state index in [0.29, 0.717) is 6.07 Å². The van der Waals surface area contributed by atoms with Gasteiger partial charge in [-0.2, -0.15) is 5.10 Å². The van der Waals surface area contributed by atoms with Crippen molar-refractivity contribution in [2.24, 2.45) is 0 Å². The van der Waals surface area contributed by atoms with E-state index in [2.05, 4.69) is 10.1 Å². The van der Waals surface area contributed by atoms with E-state index in [9.17, 15) is 13.6 Å². The van der Waals surface area contributed by atoms with Crippen molar-refractivity contribution in [3.63, 3.8) is 0 Å². The van der Waals surface area contributed by atoms with Gasteiger partial charge in [0.15, 0.2) is 11.5 Å². The third-order valence-electron chi connectivity index (χ3n) is 3.46. The lowest BCUT2D eigenvalue weighted by Gasteiger charge is -2.17. The summed E-state index contributed by atoms with van der Waals surface area (Å²) in [4.78, 5) is 17.1. The number of carbonyl (C=O) groups excluding carboxylic acids is 1. The minimum absolute atomic E-state index is 0.256. The summed E-state index contributed by atoms with van der Waals surface area (Å²) in [6.45, 7) is 0.256. The van der Waals surface area contributed by atoms with E-state index in [1.807, 2.05) is 36.5 Å². The number of nitrogens with zero attached hydrogens (tertiary/aromatic N) is 4. The number of hydrogen-bond donors (Lipinski definition) is 0. The Hall–Kier alpha value is -3.09. The fraction of sp³-hybridized carbons (Fsp3) is 0.118. The van der Waals surface area contributed by atoms with E-state index in [1.165, 1.54) is 11.9 Å². The topological polar surface area (TPSA) is 51.0 Å². The van der Waals surface area contributed by atoms with Gasteiger partial charge in [0, 0.05) is 32.1 Å². The number of aromatic nitrogens is 3. The van der Waals surface area contributed by atoms with E-state index in [1.54, 1.807) is 10.9 Å². The summed E-state index contributed by atoms with van der Waals surface area (Å²) in [5.41, 5.74) is 1.30. The Balaban J connectivity index is 1.78. The van der Waals surface area contributed by atoms with E-state index in [-0.39, 0.29) is 6.54 Å². The molecule has 7 heteroatoms. The van der Waals surface area contributed by atoms with Gasteiger partial charge in [-0.1, -0.05) is 12.1 Å². The minimum Gasteiger partial charge on any atom is -0.336 e. The summed E-state index contributed by atoms with van der Waals surface area (Å²) in [6.07, 6.45) is 4.31. The highest BCUT2D eigenvalue weighted by molar-refractivity contribution is 5.92. The van der Waals surface area contributed by atoms with Gasteiger partial charge in [0.2, 0.25) is 0 Å². The van der Waals surface area contributed by atoms with Crippen LogP contribution in [0, 0.1) is 11.6 Å². The van der Waals surface area contributed by atoms with Crippen molar-refractivity contribution in [3.8, 4) is 5.69 Å². The summed E-state index contributed by atoms with van der Waals surface area (Å²) >= 11 is 0. The first-order valence-electron chi connectivity index (χ1n) is 7.20. The first kappa shape index (κ1) is 15.8. The zero-order valence-corrected chi connectivity index (χ0v) is 12.9. The molecule has 0 fully saturated rings. The molecule has 1 aromatic carbocycles. The predicted octanol–water partition coefficient (Wildman–Crippen LogP) is 2.82. The highest BCUT2D eigenvalue weighted by Gasteiger charge is 2.18. The molecule has 0 saturated carbocycles. The molecule has 0 atom stereocenters. The van der Waals surface area contributed by atoms with E-state index >= 15 is 0 Å². The van der Waals surface area contributed by atoms with Gasteiger partial charge in [0.05, 0.1) is 11.9 Å². The maximum atomic E-state index is 13.7. The molecule has 2 aromatic heterocycles. The number of amides is 1. The maximum absolute atomic E-state index is 13.7. The van der Waals surface area contributed by atoms with Gasteiger partial charge in [-0.05, 0) is 23.8 Å². The molecule has 0 saturated heterocycles. The van der Waals surface area contributed by atoms with Crippen molar-refractivity contribution in [1.29, 1.82) is 0 Å². The van der Waals surface area contributed by atoms with Crippen molar-refractivity contribution >= 4 is 5.91 Å². The summed E-state index contributed by atoms with van der Waals surface area (Å²) in [5.74, 6) is -2.41. The van der Waals surface area contributed by atoms with Crippen molar-refractivity contribution < 1.29 is 13.6 Å². The normalized spacial score (nSPS) is 10.6. The van der Waals surface area contributed by atoms with Crippen LogP contribution in [-0.4, -0.2) is 32.6 Å². The molecule has 2 heterocycles. The molecule has 5 nitrogen and oxygen atoms in total. The lowest BCUT2D eigenvalue weighted by atomic mass is 10.2. The Morgan fingerprint density at radius 2 is 2.08 bits per heavy atom. The van der Waals surface area contributed by atoms with Gasteiger partial charge in [-0.25, -0.2) is 18.4 Å². The van der Waals surface area contributed by atoms with E-state index in [4.69, 9.17) is 0 Å². The Morgan fingerprint density at radius 1 is 1.25 bits per heavy atom. The highest BCUT2D eigenvalue weighted by Crippen LogP contribution is 2.14. The van der Waals surface area contributed by atoms with Crippen LogP contribution < -0.4 is 0 Å². The molecule has 0 aliphatic heterocycles. The van der Waals surface area contributed by atoms with Crippen LogP contribution in [-0.2, 0) is 6.54 Å². The third kappa shape index (κ3) is 3.29. The molecule has 1 amide bonds. The molecule has 0 unspecified atom stereocenters. The molecular formula is C17H14F2N4O. The second-order valence-electron chi connectivity index (χ2n) is 5.27. The largest absolute Gasteiger partial charge is 0.336 e. The van der Waals surface area contributed by atoms with E-state index in [0.717, 1.165) is 17.4 Å². The Bertz CT molecular complexity index is 865. The fourth-order valence-electron chi connectivity index (χ4n) is 2.32. The summed E-state index contributed by atoms with van der Waals surface area (Å²) < 4.78 is 28.3. The second kappa shape index (κ2) is 6.57. The number of rotatable bonds is 4. The van der Waals surface area contributed by atoms with Crippen molar-refractivity contribution in [1.82, 2.24) is 19.7 Å². The Labute approximate surface area is 137 Å².